The molecule has 4 aromatic rings. The van der Waals surface area contributed by atoms with Gasteiger partial charge in [-0.3, -0.25) is 4.31 Å². The summed E-state index contributed by atoms with van der Waals surface area (Å²) < 4.78 is 48.6. The van der Waals surface area contributed by atoms with Crippen molar-refractivity contribution in [1.82, 2.24) is 0 Å². The van der Waals surface area contributed by atoms with Crippen LogP contribution in [-0.2, 0) is 14.8 Å². The van der Waals surface area contributed by atoms with Crippen molar-refractivity contribution in [3.05, 3.63) is 71.2 Å². The number of rotatable bonds is 10. The molecule has 0 aliphatic rings. The minimum Gasteiger partial charge on any atom is -0.489 e. The fraction of sp³-hybridized carbons (Fsp3) is 0.214. The summed E-state index contributed by atoms with van der Waals surface area (Å²) >= 11 is 5.92. The lowest BCUT2D eigenvalue weighted by atomic mass is 10.0. The quantitative estimate of drug-likeness (QED) is 0.181. The van der Waals surface area contributed by atoms with Gasteiger partial charge in [0.1, 0.15) is 34.2 Å². The number of aliphatic hydroxyl groups is 1. The van der Waals surface area contributed by atoms with Crippen molar-refractivity contribution in [3.8, 4) is 28.6 Å². The number of carbonyl (C=O) groups excluding carboxylic acids is 2. The number of esters is 1. The van der Waals surface area contributed by atoms with E-state index in [2.05, 4.69) is 0 Å². The van der Waals surface area contributed by atoms with E-state index in [1.165, 1.54) is 12.1 Å². The third-order valence-corrected chi connectivity index (χ3v) is 7.10. The molecule has 0 aliphatic heterocycles. The van der Waals surface area contributed by atoms with E-state index in [0.29, 0.717) is 22.1 Å². The number of furan rings is 1. The highest BCUT2D eigenvalue weighted by Crippen LogP contribution is 2.42. The van der Waals surface area contributed by atoms with Gasteiger partial charge in [0.2, 0.25) is 10.0 Å². The molecule has 3 N–H and O–H groups in total. The molecule has 0 bridgehead atoms. The maximum atomic E-state index is 13.1. The van der Waals surface area contributed by atoms with Crippen LogP contribution >= 0.6 is 11.6 Å². The number of hydrogen-bond donors (Lipinski definition) is 2. The Morgan fingerprint density at radius 2 is 1.66 bits per heavy atom. The van der Waals surface area contributed by atoms with Crippen molar-refractivity contribution in [2.45, 2.75) is 20.0 Å². The summed E-state index contributed by atoms with van der Waals surface area (Å²) in [7, 11) is -3.85. The van der Waals surface area contributed by atoms with Crippen molar-refractivity contribution in [2.24, 2.45) is 5.73 Å². The van der Waals surface area contributed by atoms with Crippen LogP contribution in [0.1, 0.15) is 24.2 Å². The third-order valence-electron chi connectivity index (χ3n) is 5.67. The van der Waals surface area contributed by atoms with Crippen LogP contribution in [0.25, 0.3) is 22.3 Å². The number of ether oxygens (including phenoxy) is 3. The number of carbonyl (C=O) groups is 2. The summed E-state index contributed by atoms with van der Waals surface area (Å²) in [5, 5.41) is 10.3. The predicted molar refractivity (Wildman–Crippen MR) is 153 cm³/mol. The van der Waals surface area contributed by atoms with Crippen molar-refractivity contribution in [2.75, 3.05) is 23.7 Å². The third kappa shape index (κ3) is 6.91. The number of nitrogens with zero attached hydrogens (tertiary/aromatic N) is 1. The van der Waals surface area contributed by atoms with E-state index >= 15 is 0 Å². The number of nitrogens with two attached hydrogens (primary N) is 1. The smallest absolute Gasteiger partial charge is 0.412 e. The number of anilines is 1. The molecule has 0 radical (unpaired) electrons. The topological polar surface area (TPSA) is 159 Å². The first-order chi connectivity index (χ1) is 19.4. The van der Waals surface area contributed by atoms with Crippen molar-refractivity contribution in [3.63, 3.8) is 0 Å². The van der Waals surface area contributed by atoms with E-state index < -0.39 is 28.7 Å². The summed E-state index contributed by atoms with van der Waals surface area (Å²) in [6.45, 7) is 2.76. The van der Waals surface area contributed by atoms with Gasteiger partial charge in [-0.2, -0.15) is 0 Å². The van der Waals surface area contributed by atoms with Crippen LogP contribution < -0.4 is 19.5 Å². The van der Waals surface area contributed by atoms with Crippen LogP contribution in [0.3, 0.4) is 0 Å². The Kier molecular flexibility index (Phi) is 8.76. The molecule has 216 valence electrons. The second-order valence-electron chi connectivity index (χ2n) is 9.14. The van der Waals surface area contributed by atoms with Crippen molar-refractivity contribution < 1.29 is 41.7 Å². The fourth-order valence-electron chi connectivity index (χ4n) is 4.07. The molecule has 41 heavy (non-hydrogen) atoms. The second-order valence-corrected chi connectivity index (χ2v) is 11.5. The number of halogens is 1. The number of amides is 1. The number of hydrogen-bond acceptors (Lipinski definition) is 9. The Balaban J connectivity index is 1.88. The van der Waals surface area contributed by atoms with Gasteiger partial charge in [0.15, 0.2) is 0 Å². The van der Waals surface area contributed by atoms with Crippen molar-refractivity contribution >= 4 is 50.3 Å². The summed E-state index contributed by atoms with van der Waals surface area (Å²) in [6, 6.07) is 16.1. The average Bonchev–Trinajstić information content (AvgIpc) is 3.26. The van der Waals surface area contributed by atoms with Gasteiger partial charge in [-0.1, -0.05) is 11.6 Å². The van der Waals surface area contributed by atoms with Crippen LogP contribution in [0.15, 0.2) is 65.1 Å². The SMILES string of the molecule is CC(C)Oc1cc2c(C(=O)OC(N)=O)c(-c3ccc(Oc4ccc(Cl)cc4)cc3)oc2cc1N(CCO)S(C)(=O)=O. The highest BCUT2D eigenvalue weighted by Gasteiger charge is 2.29. The Morgan fingerprint density at radius 3 is 2.20 bits per heavy atom. The summed E-state index contributed by atoms with van der Waals surface area (Å²) in [5.74, 6) is 0.0890. The lowest BCUT2D eigenvalue weighted by Gasteiger charge is -2.25. The van der Waals surface area contributed by atoms with E-state index in [4.69, 9.17) is 36.0 Å². The van der Waals surface area contributed by atoms with Crippen LogP contribution in [0.2, 0.25) is 5.02 Å². The number of fused-ring (bicyclic) bond motifs is 1. The van der Waals surface area contributed by atoms with Gasteiger partial charge in [-0.05, 0) is 68.4 Å². The van der Waals surface area contributed by atoms with Crippen molar-refractivity contribution in [1.29, 1.82) is 0 Å². The lowest BCUT2D eigenvalue weighted by molar-refractivity contribution is 0.0640. The van der Waals surface area contributed by atoms with Gasteiger partial charge in [-0.25, -0.2) is 18.0 Å². The van der Waals surface area contributed by atoms with Crippen LogP contribution in [0.5, 0.6) is 17.2 Å². The average molecular weight is 603 g/mol. The molecule has 1 heterocycles. The molecule has 0 fully saturated rings. The molecule has 0 aliphatic carbocycles. The fourth-order valence-corrected chi connectivity index (χ4v) is 5.11. The maximum absolute atomic E-state index is 13.1. The molecule has 4 rings (SSSR count). The van der Waals surface area contributed by atoms with E-state index in [1.54, 1.807) is 62.4 Å². The molecule has 0 saturated carbocycles. The van der Waals surface area contributed by atoms with Gasteiger partial charge in [-0.15, -0.1) is 0 Å². The molecule has 0 spiro atoms. The molecule has 3 aromatic carbocycles. The first kappa shape index (κ1) is 29.7. The molecule has 1 aromatic heterocycles. The molecule has 0 saturated heterocycles. The normalized spacial score (nSPS) is 11.5. The highest BCUT2D eigenvalue weighted by atomic mass is 35.5. The Morgan fingerprint density at radius 1 is 1.05 bits per heavy atom. The zero-order valence-corrected chi connectivity index (χ0v) is 23.9. The highest BCUT2D eigenvalue weighted by molar-refractivity contribution is 7.92. The zero-order valence-electron chi connectivity index (χ0n) is 22.3. The Hall–Kier alpha value is -4.26. The van der Waals surface area contributed by atoms with Crippen LogP contribution in [0.4, 0.5) is 10.5 Å². The molecule has 0 atom stereocenters. The minimum absolute atomic E-state index is 0.0324. The van der Waals surface area contributed by atoms with Gasteiger partial charge in [0.25, 0.3) is 0 Å². The standard InChI is InChI=1S/C28H27ClN2O9S/c1-16(2)37-24-14-21-23(15-22(24)31(12-13-32)41(3,35)36)39-26(25(21)27(33)40-28(30)34)17-4-8-19(9-5-17)38-20-10-6-18(29)7-11-20/h4-11,14-16,32H,12-13H2,1-3H3,(H2,30,34). The largest absolute Gasteiger partial charge is 0.489 e. The molecule has 0 unspecified atom stereocenters. The van der Waals surface area contributed by atoms with E-state index in [-0.39, 0.29) is 46.4 Å². The minimum atomic E-state index is -3.85. The number of benzene rings is 3. The Labute approximate surface area is 241 Å². The molecular weight excluding hydrogens is 576 g/mol. The maximum Gasteiger partial charge on any atom is 0.412 e. The molecule has 13 heteroatoms. The first-order valence-corrected chi connectivity index (χ1v) is 14.5. The summed E-state index contributed by atoms with van der Waals surface area (Å²) in [4.78, 5) is 24.5. The molecule has 1 amide bonds. The van der Waals surface area contributed by atoms with E-state index in [0.717, 1.165) is 10.6 Å². The predicted octanol–water partition coefficient (Wildman–Crippen LogP) is 5.33. The molecule has 11 nitrogen and oxygen atoms in total. The number of primary amides is 1. The first-order valence-electron chi connectivity index (χ1n) is 12.3. The van der Waals surface area contributed by atoms with E-state index in [1.807, 2.05) is 0 Å². The number of aliphatic hydroxyl groups excluding tert-OH is 1. The molecular formula is C28H27ClN2O9S. The van der Waals surface area contributed by atoms with Gasteiger partial charge in [0, 0.05) is 22.0 Å². The second kappa shape index (κ2) is 12.1. The van der Waals surface area contributed by atoms with Gasteiger partial charge >= 0.3 is 12.1 Å². The number of sulfonamides is 1. The lowest BCUT2D eigenvalue weighted by Crippen LogP contribution is -2.33. The van der Waals surface area contributed by atoms with Crippen LogP contribution in [0, 0.1) is 0 Å². The monoisotopic (exact) mass is 602 g/mol. The summed E-state index contributed by atoms with van der Waals surface area (Å²) in [5.41, 5.74) is 5.59. The van der Waals surface area contributed by atoms with E-state index in [9.17, 15) is 23.1 Å². The van der Waals surface area contributed by atoms with Gasteiger partial charge in [0.05, 0.1) is 31.2 Å². The zero-order chi connectivity index (χ0) is 29.9. The van der Waals surface area contributed by atoms with Crippen LogP contribution in [-0.4, -0.2) is 51.1 Å². The Bertz CT molecular complexity index is 1680. The van der Waals surface area contributed by atoms with Gasteiger partial charge < -0.3 is 29.5 Å². The summed E-state index contributed by atoms with van der Waals surface area (Å²) in [6.07, 6.45) is -0.714.